The summed E-state index contributed by atoms with van der Waals surface area (Å²) in [7, 11) is 0. The molecule has 5 nitrogen and oxygen atoms in total. The second-order valence-electron chi connectivity index (χ2n) is 6.46. The number of allylic oxidation sites excluding steroid dienone is 1. The zero-order valence-corrected chi connectivity index (χ0v) is 20.6. The fourth-order valence-corrected chi connectivity index (χ4v) is 3.14. The molecule has 0 aliphatic heterocycles. The first-order chi connectivity index (χ1) is 16.2. The molecule has 2 amide bonds. The van der Waals surface area contributed by atoms with Crippen molar-refractivity contribution in [2.45, 2.75) is 39.9 Å². The number of hydrogen-bond donors (Lipinski definition) is 3. The number of nitrogens with zero attached hydrogens (tertiary/aromatic N) is 1. The van der Waals surface area contributed by atoms with Gasteiger partial charge in [-0.05, 0) is 60.9 Å². The van der Waals surface area contributed by atoms with Crippen LogP contribution < -0.4 is 10.6 Å². The molecule has 0 bridgehead atoms. The second kappa shape index (κ2) is 14.2. The fraction of sp³-hybridized carbons (Fsp3) is 0.250. The van der Waals surface area contributed by atoms with E-state index in [1.165, 1.54) is 6.21 Å². The highest BCUT2D eigenvalue weighted by atomic mass is 79.9. The standard InChI is InChI=1S/C20H16BrF4N3O.C2H5N.C2H6/c21-9-1-2-10-28-11-8-14-16(4-3-5-18(14)28)26-19(29)27-17-12-13(20(23,24)25)6-7-15(17)22;1-2-3;1-2/h1,3-9,11-12H,2,10H2,(H2,26,27,29);2-3H,1H3;1-2H3/b9-1+;;. The first kappa shape index (κ1) is 28.9. The van der Waals surface area contributed by atoms with E-state index in [4.69, 9.17) is 5.41 Å². The molecule has 0 saturated carbocycles. The third-order valence-corrected chi connectivity index (χ3v) is 4.60. The monoisotopic (exact) mass is 542 g/mol. The van der Waals surface area contributed by atoms with Gasteiger partial charge in [-0.1, -0.05) is 41.9 Å². The number of carbonyl (C=O) groups excluding carboxylic acids is 1. The number of carbonyl (C=O) groups is 1. The number of benzene rings is 2. The number of halogens is 5. The molecule has 2 aromatic carbocycles. The van der Waals surface area contributed by atoms with Crippen molar-refractivity contribution in [1.29, 1.82) is 5.41 Å². The van der Waals surface area contributed by atoms with Gasteiger partial charge in [0.2, 0.25) is 0 Å². The van der Waals surface area contributed by atoms with E-state index in [9.17, 15) is 22.4 Å². The van der Waals surface area contributed by atoms with E-state index < -0.39 is 29.3 Å². The van der Waals surface area contributed by atoms with Crippen LogP contribution in [0.4, 0.5) is 33.7 Å². The molecule has 3 aromatic rings. The molecular weight excluding hydrogens is 516 g/mol. The SMILES string of the molecule is CC.CC=N.O=C(Nc1cc(C(F)(F)F)ccc1F)Nc1cccc2c1ccn2CC/C=C/Br. The summed E-state index contributed by atoms with van der Waals surface area (Å²) in [4.78, 5) is 14.0. The third-order valence-electron chi connectivity index (χ3n) is 4.23. The molecule has 0 fully saturated rings. The Morgan fingerprint density at radius 3 is 2.38 bits per heavy atom. The first-order valence-corrected chi connectivity index (χ1v) is 11.4. The van der Waals surface area contributed by atoms with Crippen LogP contribution in [-0.2, 0) is 12.7 Å². The number of rotatable bonds is 5. The smallest absolute Gasteiger partial charge is 0.347 e. The van der Waals surface area contributed by atoms with Gasteiger partial charge in [0.05, 0.1) is 22.5 Å². The Labute approximate surface area is 204 Å². The second-order valence-corrected chi connectivity index (χ2v) is 6.99. The summed E-state index contributed by atoms with van der Waals surface area (Å²) in [5.41, 5.74) is -0.257. The van der Waals surface area contributed by atoms with E-state index in [2.05, 4.69) is 26.6 Å². The zero-order valence-electron chi connectivity index (χ0n) is 19.0. The van der Waals surface area contributed by atoms with Crippen LogP contribution in [0.1, 0.15) is 32.8 Å². The maximum Gasteiger partial charge on any atom is 0.416 e. The lowest BCUT2D eigenvalue weighted by atomic mass is 10.2. The molecular formula is C24H27BrF4N4O. The van der Waals surface area contributed by atoms with Crippen molar-refractivity contribution in [2.75, 3.05) is 10.6 Å². The van der Waals surface area contributed by atoms with Gasteiger partial charge in [0, 0.05) is 18.1 Å². The molecule has 0 unspecified atom stereocenters. The number of hydrogen-bond acceptors (Lipinski definition) is 2. The summed E-state index contributed by atoms with van der Waals surface area (Å²) >= 11 is 3.22. The lowest BCUT2D eigenvalue weighted by Crippen LogP contribution is -2.20. The topological polar surface area (TPSA) is 69.9 Å². The van der Waals surface area contributed by atoms with Crippen molar-refractivity contribution < 1.29 is 22.4 Å². The quantitative estimate of drug-likeness (QED) is 0.219. The van der Waals surface area contributed by atoms with Gasteiger partial charge >= 0.3 is 12.2 Å². The maximum absolute atomic E-state index is 13.8. The Balaban J connectivity index is 0.00000107. The number of nitrogens with one attached hydrogen (secondary N) is 3. The predicted molar refractivity (Wildman–Crippen MR) is 134 cm³/mol. The molecule has 1 heterocycles. The molecule has 0 radical (unpaired) electrons. The number of aromatic nitrogens is 1. The molecule has 3 rings (SSSR count). The summed E-state index contributed by atoms with van der Waals surface area (Å²) in [5.74, 6) is -0.961. The Kier molecular flexibility index (Phi) is 12.1. The highest BCUT2D eigenvalue weighted by molar-refractivity contribution is 9.11. The number of anilines is 2. The highest BCUT2D eigenvalue weighted by Gasteiger charge is 2.31. The van der Waals surface area contributed by atoms with Gasteiger partial charge in [-0.3, -0.25) is 0 Å². The van der Waals surface area contributed by atoms with Gasteiger partial charge in [0.1, 0.15) is 5.82 Å². The molecule has 0 aliphatic carbocycles. The van der Waals surface area contributed by atoms with Gasteiger partial charge < -0.3 is 20.6 Å². The summed E-state index contributed by atoms with van der Waals surface area (Å²) in [6.45, 7) is 6.40. The average Bonchev–Trinajstić information content (AvgIpc) is 3.21. The predicted octanol–water partition coefficient (Wildman–Crippen LogP) is 8.42. The normalized spacial score (nSPS) is 10.7. The van der Waals surface area contributed by atoms with Gasteiger partial charge in [-0.25, -0.2) is 9.18 Å². The third kappa shape index (κ3) is 8.33. The molecule has 0 atom stereocenters. The van der Waals surface area contributed by atoms with Crippen molar-refractivity contribution in [3.63, 3.8) is 0 Å². The Bertz CT molecular complexity index is 1110. The van der Waals surface area contributed by atoms with E-state index in [0.29, 0.717) is 23.9 Å². The Hall–Kier alpha value is -3.14. The van der Waals surface area contributed by atoms with Crippen LogP contribution in [0.25, 0.3) is 10.9 Å². The van der Waals surface area contributed by atoms with E-state index in [1.54, 1.807) is 24.0 Å². The van der Waals surface area contributed by atoms with E-state index >= 15 is 0 Å². The van der Waals surface area contributed by atoms with Crippen LogP contribution in [-0.4, -0.2) is 16.8 Å². The summed E-state index contributed by atoms with van der Waals surface area (Å²) in [6, 6.07) is 8.13. The minimum atomic E-state index is -4.64. The van der Waals surface area contributed by atoms with Gasteiger partial charge in [-0.2, -0.15) is 13.2 Å². The van der Waals surface area contributed by atoms with Crippen molar-refractivity contribution in [3.05, 3.63) is 71.1 Å². The maximum atomic E-state index is 13.8. The minimum absolute atomic E-state index is 0.460. The number of alkyl halides is 3. The van der Waals surface area contributed by atoms with Crippen LogP contribution in [0.15, 0.2) is 59.7 Å². The van der Waals surface area contributed by atoms with Crippen molar-refractivity contribution in [2.24, 2.45) is 0 Å². The Morgan fingerprint density at radius 2 is 1.76 bits per heavy atom. The lowest BCUT2D eigenvalue weighted by molar-refractivity contribution is -0.137. The zero-order chi connectivity index (χ0) is 25.7. The number of fused-ring (bicyclic) bond motifs is 1. The molecule has 0 aliphatic rings. The largest absolute Gasteiger partial charge is 0.416 e. The van der Waals surface area contributed by atoms with Crippen molar-refractivity contribution in [3.8, 4) is 0 Å². The minimum Gasteiger partial charge on any atom is -0.347 e. The van der Waals surface area contributed by atoms with E-state index in [0.717, 1.165) is 23.9 Å². The average molecular weight is 543 g/mol. The molecule has 1 aromatic heterocycles. The van der Waals surface area contributed by atoms with E-state index in [-0.39, 0.29) is 0 Å². The van der Waals surface area contributed by atoms with Gasteiger partial charge in [0.15, 0.2) is 0 Å². The number of amides is 2. The molecule has 34 heavy (non-hydrogen) atoms. The first-order valence-electron chi connectivity index (χ1n) is 10.4. The summed E-state index contributed by atoms with van der Waals surface area (Å²) < 4.78 is 54.3. The molecule has 0 spiro atoms. The Morgan fingerprint density at radius 1 is 1.12 bits per heavy atom. The fourth-order valence-electron chi connectivity index (χ4n) is 2.88. The van der Waals surface area contributed by atoms with Crippen molar-refractivity contribution in [1.82, 2.24) is 4.57 Å². The van der Waals surface area contributed by atoms with Gasteiger partial charge in [0.25, 0.3) is 0 Å². The highest BCUT2D eigenvalue weighted by Crippen LogP contribution is 2.32. The molecule has 3 N–H and O–H groups in total. The van der Waals surface area contributed by atoms with Crippen LogP contribution in [0, 0.1) is 11.2 Å². The van der Waals surface area contributed by atoms with Crippen LogP contribution in [0.5, 0.6) is 0 Å². The van der Waals surface area contributed by atoms with Crippen LogP contribution in [0.2, 0.25) is 0 Å². The van der Waals surface area contributed by atoms with Crippen LogP contribution in [0.3, 0.4) is 0 Å². The summed E-state index contributed by atoms with van der Waals surface area (Å²) in [5, 5.41) is 11.5. The molecule has 10 heteroatoms. The summed E-state index contributed by atoms with van der Waals surface area (Å²) in [6.07, 6.45) is 1.26. The number of urea groups is 1. The lowest BCUT2D eigenvalue weighted by Gasteiger charge is -2.12. The molecule has 184 valence electrons. The van der Waals surface area contributed by atoms with Crippen LogP contribution >= 0.6 is 15.9 Å². The molecule has 0 saturated heterocycles. The van der Waals surface area contributed by atoms with Crippen molar-refractivity contribution >= 4 is 50.5 Å². The van der Waals surface area contributed by atoms with E-state index in [1.807, 2.05) is 42.8 Å². The van der Waals surface area contributed by atoms with Gasteiger partial charge in [-0.15, -0.1) is 0 Å². The number of aryl methyl sites for hydroxylation is 1.